The molecule has 2 aliphatic rings. The minimum Gasteiger partial charge on any atom is -0.372 e. The highest BCUT2D eigenvalue weighted by atomic mass is 16.5. The van der Waals surface area contributed by atoms with E-state index in [0.717, 1.165) is 50.2 Å². The van der Waals surface area contributed by atoms with E-state index in [4.69, 9.17) is 4.74 Å². The van der Waals surface area contributed by atoms with Gasteiger partial charge < -0.3 is 9.64 Å². The molecule has 4 rings (SSSR count). The Labute approximate surface area is 136 Å². The normalized spacial score (nSPS) is 20.5. The number of hydrogen-bond donors (Lipinski definition) is 0. The van der Waals surface area contributed by atoms with Crippen molar-refractivity contribution in [1.82, 2.24) is 15.0 Å². The smallest absolute Gasteiger partial charge is 0.135 e. The summed E-state index contributed by atoms with van der Waals surface area (Å²) in [7, 11) is 0. The lowest BCUT2D eigenvalue weighted by Gasteiger charge is -2.34. The Kier molecular flexibility index (Phi) is 4.20. The number of ether oxygens (including phenoxy) is 1. The fourth-order valence-electron chi connectivity index (χ4n) is 3.58. The van der Waals surface area contributed by atoms with Gasteiger partial charge in [0.15, 0.2) is 0 Å². The third kappa shape index (κ3) is 3.20. The van der Waals surface area contributed by atoms with Gasteiger partial charge >= 0.3 is 0 Å². The van der Waals surface area contributed by atoms with Crippen molar-refractivity contribution in [2.45, 2.75) is 44.8 Å². The molecule has 23 heavy (non-hydrogen) atoms. The third-order valence-corrected chi connectivity index (χ3v) is 4.74. The van der Waals surface area contributed by atoms with Crippen molar-refractivity contribution in [3.8, 4) is 0 Å². The van der Waals surface area contributed by atoms with Crippen molar-refractivity contribution in [3.05, 3.63) is 47.7 Å². The van der Waals surface area contributed by atoms with Gasteiger partial charge in [-0.2, -0.15) is 0 Å². The number of fused-ring (bicyclic) bond motifs is 1. The third-order valence-electron chi connectivity index (χ3n) is 4.74. The summed E-state index contributed by atoms with van der Waals surface area (Å²) in [5, 5.41) is 0. The molecule has 120 valence electrons. The van der Waals surface area contributed by atoms with Crippen LogP contribution in [0.2, 0.25) is 0 Å². The van der Waals surface area contributed by atoms with E-state index in [9.17, 15) is 0 Å². The standard InChI is InChI=1S/C18H22N4O/c1-6-16-17(7-1)20-13-21-18(16)22-9-3-5-15(11-22)23-12-14-4-2-8-19-10-14/h2,4,8,10,13,15H,1,3,5-7,9,11-12H2/t15-/m1/s1. The van der Waals surface area contributed by atoms with Crippen LogP contribution in [0.15, 0.2) is 30.9 Å². The second-order valence-corrected chi connectivity index (χ2v) is 6.36. The summed E-state index contributed by atoms with van der Waals surface area (Å²) in [6.07, 6.45) is 11.3. The minimum atomic E-state index is 0.260. The molecule has 3 heterocycles. The highest BCUT2D eigenvalue weighted by Crippen LogP contribution is 2.30. The van der Waals surface area contributed by atoms with Crippen LogP contribution in [0.3, 0.4) is 0 Å². The molecule has 1 atom stereocenters. The van der Waals surface area contributed by atoms with Crippen LogP contribution in [-0.4, -0.2) is 34.1 Å². The first-order valence-electron chi connectivity index (χ1n) is 8.48. The van der Waals surface area contributed by atoms with E-state index in [2.05, 4.69) is 25.9 Å². The van der Waals surface area contributed by atoms with Crippen LogP contribution >= 0.6 is 0 Å². The number of hydrogen-bond acceptors (Lipinski definition) is 5. The van der Waals surface area contributed by atoms with Gasteiger partial charge in [-0.15, -0.1) is 0 Å². The molecular formula is C18H22N4O. The summed E-state index contributed by atoms with van der Waals surface area (Å²) in [6.45, 7) is 2.62. The molecule has 0 spiro atoms. The van der Waals surface area contributed by atoms with Crippen LogP contribution in [-0.2, 0) is 24.2 Å². The molecule has 0 bridgehead atoms. The van der Waals surface area contributed by atoms with Gasteiger partial charge in [-0.25, -0.2) is 9.97 Å². The van der Waals surface area contributed by atoms with Gasteiger partial charge in [0.2, 0.25) is 0 Å². The maximum Gasteiger partial charge on any atom is 0.135 e. The summed E-state index contributed by atoms with van der Waals surface area (Å²) in [5.41, 5.74) is 3.74. The number of anilines is 1. The van der Waals surface area contributed by atoms with E-state index in [1.807, 2.05) is 12.3 Å². The topological polar surface area (TPSA) is 51.1 Å². The summed E-state index contributed by atoms with van der Waals surface area (Å²) in [5.74, 6) is 1.14. The molecule has 1 aliphatic heterocycles. The lowest BCUT2D eigenvalue weighted by atomic mass is 10.1. The number of pyridine rings is 1. The SMILES string of the molecule is c1cncc(CO[C@@H]2CCCN(c3ncnc4c3CCC4)C2)c1. The minimum absolute atomic E-state index is 0.260. The highest BCUT2D eigenvalue weighted by molar-refractivity contribution is 5.50. The predicted octanol–water partition coefficient (Wildman–Crippen LogP) is 2.55. The Balaban J connectivity index is 1.42. The Morgan fingerprint density at radius 3 is 3.13 bits per heavy atom. The van der Waals surface area contributed by atoms with Crippen molar-refractivity contribution in [2.24, 2.45) is 0 Å². The molecule has 0 radical (unpaired) electrons. The zero-order valence-electron chi connectivity index (χ0n) is 13.3. The molecule has 0 aromatic carbocycles. The molecule has 1 fully saturated rings. The van der Waals surface area contributed by atoms with Crippen LogP contribution in [0.5, 0.6) is 0 Å². The zero-order chi connectivity index (χ0) is 15.5. The second kappa shape index (κ2) is 6.62. The monoisotopic (exact) mass is 310 g/mol. The summed E-state index contributed by atoms with van der Waals surface area (Å²) in [4.78, 5) is 15.5. The van der Waals surface area contributed by atoms with Crippen molar-refractivity contribution in [2.75, 3.05) is 18.0 Å². The van der Waals surface area contributed by atoms with Gasteiger partial charge in [-0.05, 0) is 43.7 Å². The van der Waals surface area contributed by atoms with Crippen LogP contribution < -0.4 is 4.90 Å². The largest absolute Gasteiger partial charge is 0.372 e. The van der Waals surface area contributed by atoms with Gasteiger partial charge in [-0.3, -0.25) is 4.98 Å². The molecule has 5 nitrogen and oxygen atoms in total. The Bertz CT molecular complexity index is 661. The lowest BCUT2D eigenvalue weighted by molar-refractivity contribution is 0.0313. The van der Waals surface area contributed by atoms with Crippen molar-refractivity contribution in [1.29, 1.82) is 0 Å². The lowest BCUT2D eigenvalue weighted by Crippen LogP contribution is -2.40. The maximum atomic E-state index is 6.12. The molecule has 5 heteroatoms. The van der Waals surface area contributed by atoms with Gasteiger partial charge in [0, 0.05) is 36.7 Å². The van der Waals surface area contributed by atoms with Crippen LogP contribution in [0.1, 0.15) is 36.1 Å². The molecule has 1 saturated heterocycles. The van der Waals surface area contributed by atoms with Crippen molar-refractivity contribution < 1.29 is 4.74 Å². The number of rotatable bonds is 4. The van der Waals surface area contributed by atoms with Gasteiger partial charge in [-0.1, -0.05) is 6.07 Å². The van der Waals surface area contributed by atoms with Gasteiger partial charge in [0.05, 0.1) is 12.7 Å². The molecule has 0 amide bonds. The van der Waals surface area contributed by atoms with E-state index >= 15 is 0 Å². The molecule has 2 aromatic heterocycles. The Morgan fingerprint density at radius 2 is 2.22 bits per heavy atom. The van der Waals surface area contributed by atoms with Crippen molar-refractivity contribution >= 4 is 5.82 Å². The van der Waals surface area contributed by atoms with E-state index in [1.165, 1.54) is 17.7 Å². The molecular weight excluding hydrogens is 288 g/mol. The van der Waals surface area contributed by atoms with Crippen LogP contribution in [0, 0.1) is 0 Å². The van der Waals surface area contributed by atoms with Crippen LogP contribution in [0.25, 0.3) is 0 Å². The fourth-order valence-corrected chi connectivity index (χ4v) is 3.58. The number of piperidine rings is 1. The molecule has 2 aromatic rings. The number of aryl methyl sites for hydroxylation is 1. The number of aromatic nitrogens is 3. The summed E-state index contributed by atoms with van der Waals surface area (Å²) >= 11 is 0. The van der Waals surface area contributed by atoms with E-state index in [0.29, 0.717) is 6.61 Å². The van der Waals surface area contributed by atoms with E-state index < -0.39 is 0 Å². The predicted molar refractivity (Wildman–Crippen MR) is 88.3 cm³/mol. The van der Waals surface area contributed by atoms with E-state index in [1.54, 1.807) is 12.5 Å². The van der Waals surface area contributed by atoms with Crippen LogP contribution in [0.4, 0.5) is 5.82 Å². The summed E-state index contributed by atoms with van der Waals surface area (Å²) in [6, 6.07) is 4.01. The van der Waals surface area contributed by atoms with Gasteiger partial charge in [0.25, 0.3) is 0 Å². The Morgan fingerprint density at radius 1 is 1.22 bits per heavy atom. The average molecular weight is 310 g/mol. The second-order valence-electron chi connectivity index (χ2n) is 6.36. The molecule has 0 unspecified atom stereocenters. The summed E-state index contributed by atoms with van der Waals surface area (Å²) < 4.78 is 6.12. The molecule has 1 aliphatic carbocycles. The van der Waals surface area contributed by atoms with Crippen molar-refractivity contribution in [3.63, 3.8) is 0 Å². The fraction of sp³-hybridized carbons (Fsp3) is 0.500. The maximum absolute atomic E-state index is 6.12. The van der Waals surface area contributed by atoms with Gasteiger partial charge in [0.1, 0.15) is 12.1 Å². The quantitative estimate of drug-likeness (QED) is 0.868. The Hall–Kier alpha value is -2.01. The first-order valence-corrected chi connectivity index (χ1v) is 8.48. The first kappa shape index (κ1) is 14.6. The first-order chi connectivity index (χ1) is 11.4. The molecule has 0 saturated carbocycles. The number of nitrogens with zero attached hydrogens (tertiary/aromatic N) is 4. The zero-order valence-corrected chi connectivity index (χ0v) is 13.3. The highest BCUT2D eigenvalue weighted by Gasteiger charge is 2.26. The molecule has 0 N–H and O–H groups in total. The van der Waals surface area contributed by atoms with E-state index in [-0.39, 0.29) is 6.10 Å². The average Bonchev–Trinajstić information content (AvgIpc) is 3.10.